The third-order valence-electron chi connectivity index (χ3n) is 7.68. The highest BCUT2D eigenvalue weighted by Crippen LogP contribution is 2.26. The Labute approximate surface area is 217 Å². The summed E-state index contributed by atoms with van der Waals surface area (Å²) in [7, 11) is 0. The molecule has 2 N–H and O–H groups in total. The van der Waals surface area contributed by atoms with E-state index in [1.807, 2.05) is 60.7 Å². The first-order valence-corrected chi connectivity index (χ1v) is 13.3. The number of hydrogen-bond donors (Lipinski definition) is 2. The summed E-state index contributed by atoms with van der Waals surface area (Å²) >= 11 is 0. The number of hydrogen-bond acceptors (Lipinski definition) is 4. The van der Waals surface area contributed by atoms with Crippen molar-refractivity contribution < 1.29 is 19.2 Å². The van der Waals surface area contributed by atoms with Crippen molar-refractivity contribution in [3.63, 3.8) is 0 Å². The predicted octanol–water partition coefficient (Wildman–Crippen LogP) is 1.83. The maximum Gasteiger partial charge on any atom is 0.246 e. The monoisotopic (exact) mass is 502 g/mol. The molecule has 0 spiro atoms. The summed E-state index contributed by atoms with van der Waals surface area (Å²) in [4.78, 5) is 57.5. The Morgan fingerprint density at radius 3 is 1.89 bits per heavy atom. The van der Waals surface area contributed by atoms with Crippen LogP contribution in [0.2, 0.25) is 0 Å². The summed E-state index contributed by atoms with van der Waals surface area (Å²) in [6.07, 6.45) is 3.47. The van der Waals surface area contributed by atoms with Crippen molar-refractivity contribution in [2.75, 3.05) is 13.1 Å². The highest BCUT2D eigenvalue weighted by atomic mass is 16.2. The van der Waals surface area contributed by atoms with Crippen LogP contribution < -0.4 is 10.6 Å². The van der Waals surface area contributed by atoms with E-state index in [1.54, 1.807) is 9.80 Å². The number of carbonyl (C=O) groups excluding carboxylic acids is 4. The molecule has 2 aromatic rings. The van der Waals surface area contributed by atoms with Gasteiger partial charge < -0.3 is 20.4 Å². The Hall–Kier alpha value is -3.68. The fourth-order valence-electron chi connectivity index (χ4n) is 5.88. The van der Waals surface area contributed by atoms with Gasteiger partial charge in [-0.1, -0.05) is 60.7 Å². The van der Waals surface area contributed by atoms with Crippen LogP contribution in [0.1, 0.15) is 43.2 Å². The first-order valence-electron chi connectivity index (χ1n) is 13.3. The molecular formula is C29H34N4O4. The SMILES string of the molecule is O=C1C[C@@H](Cc2ccccc2)NC(=O)[C@H]2CCCN2C(=O)[C@H]2CCCN2C(=O)[C@H](Cc2ccccc2)N1. The van der Waals surface area contributed by atoms with Gasteiger partial charge in [-0.3, -0.25) is 19.2 Å². The highest BCUT2D eigenvalue weighted by molar-refractivity contribution is 5.95. The van der Waals surface area contributed by atoms with E-state index in [9.17, 15) is 19.2 Å². The molecule has 8 nitrogen and oxygen atoms in total. The van der Waals surface area contributed by atoms with E-state index in [0.29, 0.717) is 38.8 Å². The van der Waals surface area contributed by atoms with Crippen LogP contribution in [0.25, 0.3) is 0 Å². The van der Waals surface area contributed by atoms with E-state index in [4.69, 9.17) is 0 Å². The van der Waals surface area contributed by atoms with Crippen LogP contribution in [0.4, 0.5) is 0 Å². The first kappa shape index (κ1) is 25.0. The third-order valence-corrected chi connectivity index (χ3v) is 7.68. The second-order valence-electron chi connectivity index (χ2n) is 10.3. The van der Waals surface area contributed by atoms with Crippen molar-refractivity contribution in [3.8, 4) is 0 Å². The minimum atomic E-state index is -0.786. The second-order valence-corrected chi connectivity index (χ2v) is 10.3. The summed E-state index contributed by atoms with van der Waals surface area (Å²) in [5.41, 5.74) is 1.93. The molecule has 3 saturated heterocycles. The number of benzene rings is 2. The van der Waals surface area contributed by atoms with E-state index >= 15 is 0 Å². The lowest BCUT2D eigenvalue weighted by atomic mass is 10.0. The zero-order chi connectivity index (χ0) is 25.8. The first-order chi connectivity index (χ1) is 18.0. The molecule has 0 aromatic heterocycles. The van der Waals surface area contributed by atoms with Crippen molar-refractivity contribution in [2.45, 2.75) is 69.1 Å². The summed E-state index contributed by atoms with van der Waals surface area (Å²) in [5.74, 6) is -0.912. The highest BCUT2D eigenvalue weighted by Gasteiger charge is 2.44. The smallest absolute Gasteiger partial charge is 0.246 e. The molecule has 8 heteroatoms. The maximum absolute atomic E-state index is 13.8. The normalized spacial score (nSPS) is 26.9. The third kappa shape index (κ3) is 5.68. The lowest BCUT2D eigenvalue weighted by Crippen LogP contribution is -2.56. The molecule has 5 rings (SSSR count). The zero-order valence-electron chi connectivity index (χ0n) is 21.0. The molecule has 0 aliphatic carbocycles. The summed E-state index contributed by atoms with van der Waals surface area (Å²) in [6, 6.07) is 16.9. The molecule has 194 valence electrons. The molecular weight excluding hydrogens is 468 g/mol. The minimum Gasteiger partial charge on any atom is -0.351 e. The van der Waals surface area contributed by atoms with E-state index in [-0.39, 0.29) is 30.0 Å². The van der Waals surface area contributed by atoms with Gasteiger partial charge in [-0.05, 0) is 43.2 Å². The van der Waals surface area contributed by atoms with Crippen LogP contribution in [-0.4, -0.2) is 70.7 Å². The Balaban J connectivity index is 1.46. The number of carbonyl (C=O) groups is 4. The fourth-order valence-corrected chi connectivity index (χ4v) is 5.88. The maximum atomic E-state index is 13.8. The van der Waals surface area contributed by atoms with Crippen LogP contribution in [0.15, 0.2) is 60.7 Å². The van der Waals surface area contributed by atoms with Crippen LogP contribution in [0, 0.1) is 0 Å². The topological polar surface area (TPSA) is 98.8 Å². The average molecular weight is 503 g/mol. The van der Waals surface area contributed by atoms with Crippen LogP contribution in [-0.2, 0) is 32.0 Å². The van der Waals surface area contributed by atoms with Gasteiger partial charge in [-0.25, -0.2) is 0 Å². The van der Waals surface area contributed by atoms with E-state index in [0.717, 1.165) is 24.0 Å². The van der Waals surface area contributed by atoms with Crippen molar-refractivity contribution in [2.24, 2.45) is 0 Å². The number of amides is 4. The summed E-state index contributed by atoms with van der Waals surface area (Å²) in [6.45, 7) is 0.973. The molecule has 3 aliphatic heterocycles. The second kappa shape index (κ2) is 11.2. The standard InChI is InChI=1S/C29H34N4O4/c34-26-19-22(17-20-9-3-1-4-10-20)30-27(35)24-13-7-15-32(24)29(37)25-14-8-16-33(25)28(36)23(31-26)18-21-11-5-2-6-12-21/h1-6,9-12,22-25H,7-8,13-19H2,(H,30,35)(H,31,34)/t22-,23+,24-,25-/m1/s1. The predicted molar refractivity (Wildman–Crippen MR) is 138 cm³/mol. The van der Waals surface area contributed by atoms with Crippen LogP contribution in [0.3, 0.4) is 0 Å². The van der Waals surface area contributed by atoms with E-state index < -0.39 is 24.2 Å². The molecule has 3 aliphatic rings. The van der Waals surface area contributed by atoms with Gasteiger partial charge in [0.1, 0.15) is 18.1 Å². The molecule has 37 heavy (non-hydrogen) atoms. The lowest BCUT2D eigenvalue weighted by Gasteiger charge is -2.32. The van der Waals surface area contributed by atoms with Crippen molar-refractivity contribution in [1.29, 1.82) is 0 Å². The lowest BCUT2D eigenvalue weighted by molar-refractivity contribution is -0.147. The van der Waals surface area contributed by atoms with Gasteiger partial charge in [-0.2, -0.15) is 0 Å². The van der Waals surface area contributed by atoms with Crippen LogP contribution >= 0.6 is 0 Å². The van der Waals surface area contributed by atoms with Gasteiger partial charge in [0, 0.05) is 32.0 Å². The minimum absolute atomic E-state index is 0.0449. The molecule has 4 amide bonds. The van der Waals surface area contributed by atoms with Gasteiger partial charge >= 0.3 is 0 Å². The van der Waals surface area contributed by atoms with Crippen molar-refractivity contribution in [3.05, 3.63) is 71.8 Å². The van der Waals surface area contributed by atoms with E-state index in [1.165, 1.54) is 0 Å². The largest absolute Gasteiger partial charge is 0.351 e. The van der Waals surface area contributed by atoms with Gasteiger partial charge in [-0.15, -0.1) is 0 Å². The fraction of sp³-hybridized carbons (Fsp3) is 0.448. The summed E-state index contributed by atoms with van der Waals surface area (Å²) in [5, 5.41) is 6.02. The number of nitrogens with zero attached hydrogens (tertiary/aromatic N) is 2. The average Bonchev–Trinajstić information content (AvgIpc) is 3.59. The quantitative estimate of drug-likeness (QED) is 0.667. The zero-order valence-corrected chi connectivity index (χ0v) is 21.0. The Morgan fingerprint density at radius 1 is 0.676 bits per heavy atom. The molecule has 2 aromatic carbocycles. The van der Waals surface area contributed by atoms with Crippen molar-refractivity contribution in [1.82, 2.24) is 20.4 Å². The molecule has 0 unspecified atom stereocenters. The number of nitrogens with one attached hydrogen (secondary N) is 2. The molecule has 0 bridgehead atoms. The Morgan fingerprint density at radius 2 is 1.24 bits per heavy atom. The van der Waals surface area contributed by atoms with E-state index in [2.05, 4.69) is 10.6 Å². The molecule has 0 radical (unpaired) electrons. The number of rotatable bonds is 4. The van der Waals surface area contributed by atoms with Crippen molar-refractivity contribution >= 4 is 23.6 Å². The molecule has 4 atom stereocenters. The molecule has 3 fully saturated rings. The summed E-state index contributed by atoms with van der Waals surface area (Å²) < 4.78 is 0. The van der Waals surface area contributed by atoms with Gasteiger partial charge in [0.15, 0.2) is 0 Å². The number of fused-ring (bicyclic) bond motifs is 2. The van der Waals surface area contributed by atoms with Gasteiger partial charge in [0.25, 0.3) is 0 Å². The Kier molecular flexibility index (Phi) is 7.53. The van der Waals surface area contributed by atoms with Gasteiger partial charge in [0.05, 0.1) is 0 Å². The molecule has 3 heterocycles. The van der Waals surface area contributed by atoms with Crippen LogP contribution in [0.5, 0.6) is 0 Å². The van der Waals surface area contributed by atoms with Gasteiger partial charge in [0.2, 0.25) is 23.6 Å². The molecule has 0 saturated carbocycles. The Bertz CT molecular complexity index is 1140.